The molecule has 0 saturated heterocycles. The van der Waals surface area contributed by atoms with Crippen LogP contribution in [0.2, 0.25) is 0 Å². The highest BCUT2D eigenvalue weighted by Gasteiger charge is 2.02. The molecular weight excluding hydrogens is 378 g/mol. The van der Waals surface area contributed by atoms with E-state index in [9.17, 15) is 4.79 Å². The summed E-state index contributed by atoms with van der Waals surface area (Å²) in [6, 6.07) is 15.5. The highest BCUT2D eigenvalue weighted by molar-refractivity contribution is 5.82. The predicted molar refractivity (Wildman–Crippen MR) is 123 cm³/mol. The van der Waals surface area contributed by atoms with E-state index >= 15 is 0 Å². The number of carbonyl (C=O) groups is 1. The Labute approximate surface area is 178 Å². The Balaban J connectivity index is 0.00000218. The summed E-state index contributed by atoms with van der Waals surface area (Å²) in [5, 5.41) is 12.2. The summed E-state index contributed by atoms with van der Waals surface area (Å²) >= 11 is 0. The number of hydrogen-bond donors (Lipinski definition) is 1. The number of aliphatic carboxylic acids is 1. The number of ether oxygens (including phenoxy) is 1. The molecule has 30 heavy (non-hydrogen) atoms. The smallest absolute Gasteiger partial charge is 0.344 e. The first kappa shape index (κ1) is 24.4. The van der Waals surface area contributed by atoms with Crippen molar-refractivity contribution in [2.24, 2.45) is 5.16 Å². The zero-order valence-electron chi connectivity index (χ0n) is 17.7. The fourth-order valence-electron chi connectivity index (χ4n) is 2.32. The third-order valence-electron chi connectivity index (χ3n) is 3.69. The molecule has 2 aromatic rings. The van der Waals surface area contributed by atoms with Crippen molar-refractivity contribution in [3.8, 4) is 16.9 Å². The monoisotopic (exact) mass is 407 g/mol. The quantitative estimate of drug-likeness (QED) is 0.303. The van der Waals surface area contributed by atoms with Crippen molar-refractivity contribution in [3.05, 3.63) is 90.6 Å². The number of benzene rings is 2. The lowest BCUT2D eigenvalue weighted by Crippen LogP contribution is -2.03. The molecule has 0 saturated carbocycles. The summed E-state index contributed by atoms with van der Waals surface area (Å²) in [4.78, 5) is 15.1. The highest BCUT2D eigenvalue weighted by Crippen LogP contribution is 2.24. The van der Waals surface area contributed by atoms with Crippen LogP contribution in [-0.2, 0) is 9.63 Å². The number of hydrogen-bond acceptors (Lipinski definition) is 4. The van der Waals surface area contributed by atoms with E-state index in [-0.39, 0.29) is 0 Å². The lowest BCUT2D eigenvalue weighted by atomic mass is 10.0. The van der Waals surface area contributed by atoms with E-state index in [4.69, 9.17) is 9.84 Å². The topological polar surface area (TPSA) is 68.1 Å². The fraction of sp³-hybridized carbons (Fsp3) is 0.200. The zero-order valence-corrected chi connectivity index (χ0v) is 17.7. The van der Waals surface area contributed by atoms with E-state index in [0.717, 1.165) is 28.0 Å². The van der Waals surface area contributed by atoms with Gasteiger partial charge in [-0.15, -0.1) is 0 Å². The molecule has 0 fully saturated rings. The van der Waals surface area contributed by atoms with Crippen LogP contribution in [0.15, 0.2) is 90.1 Å². The first-order valence-corrected chi connectivity index (χ1v) is 9.77. The summed E-state index contributed by atoms with van der Waals surface area (Å²) in [5.41, 5.74) is 3.78. The molecule has 0 spiro atoms. The SMILES string of the molecule is C=C/C(=C\C=C/C)COc1cccc(-c2cccc(/C=N\OCC(=O)O)c2)c1.CC. The van der Waals surface area contributed by atoms with Crippen LogP contribution in [0, 0.1) is 0 Å². The minimum Gasteiger partial charge on any atom is -0.489 e. The minimum absolute atomic E-state index is 0.435. The molecule has 2 aromatic carbocycles. The second kappa shape index (κ2) is 14.4. The Kier molecular flexibility index (Phi) is 11.7. The van der Waals surface area contributed by atoms with Crippen LogP contribution in [-0.4, -0.2) is 30.5 Å². The maximum absolute atomic E-state index is 10.4. The lowest BCUT2D eigenvalue weighted by Gasteiger charge is -2.09. The molecule has 0 heterocycles. The van der Waals surface area contributed by atoms with Gasteiger partial charge in [-0.1, -0.05) is 80.2 Å². The Bertz CT molecular complexity index is 898. The van der Waals surface area contributed by atoms with Gasteiger partial charge in [0.1, 0.15) is 12.4 Å². The Hall–Kier alpha value is -3.60. The van der Waals surface area contributed by atoms with Crippen molar-refractivity contribution >= 4 is 12.2 Å². The highest BCUT2D eigenvalue weighted by atomic mass is 16.6. The van der Waals surface area contributed by atoms with E-state index < -0.39 is 12.6 Å². The molecule has 0 aromatic heterocycles. The molecular formula is C25H29NO4. The second-order valence-electron chi connectivity index (χ2n) is 5.82. The summed E-state index contributed by atoms with van der Waals surface area (Å²) < 4.78 is 5.87. The van der Waals surface area contributed by atoms with Gasteiger partial charge in [-0.05, 0) is 47.4 Å². The fourth-order valence-corrected chi connectivity index (χ4v) is 2.32. The molecule has 0 aliphatic carbocycles. The van der Waals surface area contributed by atoms with Crippen molar-refractivity contribution in [3.63, 3.8) is 0 Å². The van der Waals surface area contributed by atoms with Crippen LogP contribution < -0.4 is 4.74 Å². The van der Waals surface area contributed by atoms with Gasteiger partial charge in [-0.2, -0.15) is 0 Å². The zero-order chi connectivity index (χ0) is 22.2. The summed E-state index contributed by atoms with van der Waals surface area (Å²) in [6.45, 7) is 9.73. The number of nitrogens with zero attached hydrogens (tertiary/aromatic N) is 1. The van der Waals surface area contributed by atoms with Crippen LogP contribution in [0.1, 0.15) is 26.3 Å². The van der Waals surface area contributed by atoms with E-state index in [1.54, 1.807) is 6.08 Å². The number of carboxylic acid groups (broad SMARTS) is 1. The summed E-state index contributed by atoms with van der Waals surface area (Å²) in [6.07, 6.45) is 9.12. The van der Waals surface area contributed by atoms with Crippen molar-refractivity contribution in [1.29, 1.82) is 0 Å². The van der Waals surface area contributed by atoms with Crippen molar-refractivity contribution in [2.45, 2.75) is 20.8 Å². The number of rotatable bonds is 10. The maximum Gasteiger partial charge on any atom is 0.344 e. The molecule has 2 rings (SSSR count). The maximum atomic E-state index is 10.4. The third kappa shape index (κ3) is 9.06. The van der Waals surface area contributed by atoms with E-state index in [1.165, 1.54) is 6.21 Å². The average Bonchev–Trinajstić information content (AvgIpc) is 2.78. The molecule has 5 nitrogen and oxygen atoms in total. The van der Waals surface area contributed by atoms with Gasteiger partial charge in [0.2, 0.25) is 6.61 Å². The largest absolute Gasteiger partial charge is 0.489 e. The van der Waals surface area contributed by atoms with Gasteiger partial charge < -0.3 is 14.7 Å². The van der Waals surface area contributed by atoms with Gasteiger partial charge >= 0.3 is 5.97 Å². The normalized spacial score (nSPS) is 11.1. The van der Waals surface area contributed by atoms with Crippen molar-refractivity contribution in [2.75, 3.05) is 13.2 Å². The average molecular weight is 408 g/mol. The van der Waals surface area contributed by atoms with Crippen molar-refractivity contribution < 1.29 is 19.5 Å². The molecule has 0 amide bonds. The van der Waals surface area contributed by atoms with Gasteiger partial charge in [0.05, 0.1) is 6.21 Å². The Morgan fingerprint density at radius 2 is 1.80 bits per heavy atom. The first-order chi connectivity index (χ1) is 14.6. The lowest BCUT2D eigenvalue weighted by molar-refractivity contribution is -0.142. The van der Waals surface area contributed by atoms with Crippen LogP contribution in [0.5, 0.6) is 5.75 Å². The Morgan fingerprint density at radius 3 is 2.47 bits per heavy atom. The van der Waals surface area contributed by atoms with Crippen LogP contribution in [0.3, 0.4) is 0 Å². The summed E-state index contributed by atoms with van der Waals surface area (Å²) in [7, 11) is 0. The standard InChI is InChI=1S/C23H23NO4.C2H6/c1-3-5-8-18(4-2)16-27-22-12-7-11-21(14-22)20-10-6-9-19(13-20)15-24-28-17-23(25)26;1-2/h3-15H,2,16-17H2,1H3,(H,25,26);1-2H3/b5-3-,18-8+,24-15-;. The predicted octanol–water partition coefficient (Wildman–Crippen LogP) is 5.88. The molecule has 1 N–H and O–H groups in total. The molecule has 5 heteroatoms. The van der Waals surface area contributed by atoms with Gasteiger partial charge in [0.15, 0.2) is 0 Å². The van der Waals surface area contributed by atoms with E-state index in [0.29, 0.717) is 6.61 Å². The molecule has 0 bridgehead atoms. The molecule has 0 radical (unpaired) electrons. The molecule has 0 aliphatic rings. The number of oxime groups is 1. The molecule has 0 aliphatic heterocycles. The van der Waals surface area contributed by atoms with Crippen LogP contribution >= 0.6 is 0 Å². The van der Waals surface area contributed by atoms with Gasteiger partial charge in [-0.3, -0.25) is 0 Å². The second-order valence-corrected chi connectivity index (χ2v) is 5.82. The molecule has 0 atom stereocenters. The number of allylic oxidation sites excluding steroid dienone is 3. The molecule has 0 unspecified atom stereocenters. The van der Waals surface area contributed by atoms with Crippen molar-refractivity contribution in [1.82, 2.24) is 0 Å². The Morgan fingerprint density at radius 1 is 1.10 bits per heavy atom. The first-order valence-electron chi connectivity index (χ1n) is 9.77. The van der Waals surface area contributed by atoms with Crippen LogP contribution in [0.25, 0.3) is 11.1 Å². The third-order valence-corrected chi connectivity index (χ3v) is 3.69. The van der Waals surface area contributed by atoms with E-state index in [1.807, 2.05) is 87.5 Å². The van der Waals surface area contributed by atoms with Crippen LogP contribution in [0.4, 0.5) is 0 Å². The minimum atomic E-state index is -1.07. The van der Waals surface area contributed by atoms with Gasteiger partial charge in [0.25, 0.3) is 0 Å². The van der Waals surface area contributed by atoms with Gasteiger partial charge in [0, 0.05) is 0 Å². The van der Waals surface area contributed by atoms with Gasteiger partial charge in [-0.25, -0.2) is 4.79 Å². The summed E-state index contributed by atoms with van der Waals surface area (Å²) in [5.74, 6) is -0.308. The number of carboxylic acids is 1. The molecule has 158 valence electrons. The van der Waals surface area contributed by atoms with E-state index in [2.05, 4.69) is 16.6 Å².